The number of benzene rings is 1. The summed E-state index contributed by atoms with van der Waals surface area (Å²) in [4.78, 5) is 23.1. The summed E-state index contributed by atoms with van der Waals surface area (Å²) in [5.74, 6) is -1.25. The van der Waals surface area contributed by atoms with Gasteiger partial charge >= 0.3 is 19.7 Å². The molecule has 0 saturated carbocycles. The Balaban J connectivity index is 2.54. The van der Waals surface area contributed by atoms with Gasteiger partial charge in [-0.2, -0.15) is 0 Å². The largest absolute Gasteiger partial charge is 0.480 e. The first-order chi connectivity index (χ1) is 11.9. The van der Waals surface area contributed by atoms with Gasteiger partial charge in [0.2, 0.25) is 0 Å². The Bertz CT molecular complexity index is 583. The number of amides is 1. The minimum absolute atomic E-state index is 0.0232. The number of carbonyl (C=O) groups is 2. The van der Waals surface area contributed by atoms with Gasteiger partial charge in [0.25, 0.3) is 0 Å². The number of carboxylic acids is 1. The van der Waals surface area contributed by atoms with E-state index < -0.39 is 25.7 Å². The Morgan fingerprint density at radius 2 is 1.76 bits per heavy atom. The molecule has 1 amide bonds. The molecule has 0 aliphatic carbocycles. The van der Waals surface area contributed by atoms with Crippen molar-refractivity contribution in [3.05, 3.63) is 35.9 Å². The minimum Gasteiger partial charge on any atom is -0.480 e. The van der Waals surface area contributed by atoms with Crippen molar-refractivity contribution in [3.8, 4) is 0 Å². The first-order valence-corrected chi connectivity index (χ1v) is 9.71. The molecule has 2 N–H and O–H groups in total. The van der Waals surface area contributed by atoms with Crippen molar-refractivity contribution in [2.24, 2.45) is 0 Å². The predicted molar refractivity (Wildman–Crippen MR) is 91.5 cm³/mol. The van der Waals surface area contributed by atoms with Crippen LogP contribution >= 0.6 is 7.60 Å². The average Bonchev–Trinajstić information content (AvgIpc) is 2.58. The van der Waals surface area contributed by atoms with E-state index in [0.717, 1.165) is 5.56 Å². The van der Waals surface area contributed by atoms with Gasteiger partial charge in [0.05, 0.1) is 19.4 Å². The molecule has 9 heteroatoms. The van der Waals surface area contributed by atoms with Crippen LogP contribution < -0.4 is 5.32 Å². The van der Waals surface area contributed by atoms with Crippen molar-refractivity contribution in [1.29, 1.82) is 0 Å². The van der Waals surface area contributed by atoms with Crippen LogP contribution in [0.4, 0.5) is 4.79 Å². The molecule has 1 aromatic rings. The lowest BCUT2D eigenvalue weighted by atomic mass is 10.2. The molecule has 0 fully saturated rings. The Labute approximate surface area is 147 Å². The van der Waals surface area contributed by atoms with Crippen LogP contribution in [-0.4, -0.2) is 42.6 Å². The third-order valence-electron chi connectivity index (χ3n) is 3.15. The number of aliphatic carboxylic acids is 1. The van der Waals surface area contributed by atoms with Crippen molar-refractivity contribution < 1.29 is 33.0 Å². The van der Waals surface area contributed by atoms with Gasteiger partial charge in [0, 0.05) is 0 Å². The normalized spacial score (nSPS) is 12.4. The molecular formula is C16H24NO7P. The zero-order chi connectivity index (χ0) is 18.7. The lowest BCUT2D eigenvalue weighted by Crippen LogP contribution is -2.41. The number of carbonyl (C=O) groups excluding carboxylic acids is 1. The third kappa shape index (κ3) is 8.16. The van der Waals surface area contributed by atoms with Crippen LogP contribution in [0.3, 0.4) is 0 Å². The Kier molecular flexibility index (Phi) is 9.20. The van der Waals surface area contributed by atoms with Gasteiger partial charge < -0.3 is 24.2 Å². The van der Waals surface area contributed by atoms with Gasteiger partial charge in [-0.3, -0.25) is 4.57 Å². The molecule has 140 valence electrons. The predicted octanol–water partition coefficient (Wildman–Crippen LogP) is 3.02. The number of hydrogen-bond donors (Lipinski definition) is 2. The Morgan fingerprint density at radius 3 is 2.28 bits per heavy atom. The van der Waals surface area contributed by atoms with Crippen molar-refractivity contribution in [2.75, 3.05) is 19.4 Å². The molecule has 0 bridgehead atoms. The number of hydrogen-bond acceptors (Lipinski definition) is 6. The molecule has 0 aliphatic heterocycles. The number of nitrogens with one attached hydrogen (secondary N) is 1. The summed E-state index contributed by atoms with van der Waals surface area (Å²) in [7, 11) is -3.37. The van der Waals surface area contributed by atoms with E-state index >= 15 is 0 Å². The highest BCUT2D eigenvalue weighted by molar-refractivity contribution is 7.53. The maximum absolute atomic E-state index is 12.4. The maximum atomic E-state index is 12.4. The lowest BCUT2D eigenvalue weighted by Gasteiger charge is -2.19. The fourth-order valence-electron chi connectivity index (χ4n) is 2.01. The third-order valence-corrected chi connectivity index (χ3v) is 5.26. The molecule has 0 aromatic heterocycles. The van der Waals surface area contributed by atoms with E-state index in [1.165, 1.54) is 0 Å². The molecule has 1 rings (SSSR count). The van der Waals surface area contributed by atoms with Crippen molar-refractivity contribution in [3.63, 3.8) is 0 Å². The zero-order valence-corrected chi connectivity index (χ0v) is 15.2. The summed E-state index contributed by atoms with van der Waals surface area (Å²) < 4.78 is 27.6. The molecule has 0 radical (unpaired) electrons. The topological polar surface area (TPSA) is 111 Å². The standard InChI is InChI=1S/C16H24NO7P/c1-3-23-25(21,24-4-2)11-10-14(15(18)19)17-16(20)22-12-13-8-6-5-7-9-13/h5-9,14H,3-4,10-12H2,1-2H3,(H,17,20)(H,18,19)/t14-/m1/s1. The minimum atomic E-state index is -3.37. The van der Waals surface area contributed by atoms with E-state index in [2.05, 4.69) is 5.32 Å². The van der Waals surface area contributed by atoms with Crippen LogP contribution in [0.2, 0.25) is 0 Å². The van der Waals surface area contributed by atoms with Crippen LogP contribution in [0.5, 0.6) is 0 Å². The monoisotopic (exact) mass is 373 g/mol. The van der Waals surface area contributed by atoms with Crippen molar-refractivity contribution in [2.45, 2.75) is 32.9 Å². The molecule has 0 saturated heterocycles. The Morgan fingerprint density at radius 1 is 1.16 bits per heavy atom. The quantitative estimate of drug-likeness (QED) is 0.574. The molecule has 1 aromatic carbocycles. The van der Waals surface area contributed by atoms with Gasteiger partial charge in [-0.25, -0.2) is 9.59 Å². The zero-order valence-electron chi connectivity index (χ0n) is 14.3. The highest BCUT2D eigenvalue weighted by Gasteiger charge is 2.29. The van der Waals surface area contributed by atoms with Gasteiger partial charge in [0.1, 0.15) is 12.6 Å². The van der Waals surface area contributed by atoms with Crippen molar-refractivity contribution in [1.82, 2.24) is 5.32 Å². The van der Waals surface area contributed by atoms with Gasteiger partial charge in [-0.05, 0) is 25.8 Å². The van der Waals surface area contributed by atoms with E-state index in [1.807, 2.05) is 6.07 Å². The highest BCUT2D eigenvalue weighted by atomic mass is 31.2. The number of rotatable bonds is 11. The smallest absolute Gasteiger partial charge is 0.408 e. The first-order valence-electron chi connectivity index (χ1n) is 7.98. The SMILES string of the molecule is CCOP(=O)(CC[C@@H](NC(=O)OCc1ccccc1)C(=O)O)OCC. The van der Waals surface area contributed by atoms with E-state index in [1.54, 1.807) is 38.1 Å². The van der Waals surface area contributed by atoms with E-state index in [9.17, 15) is 19.3 Å². The van der Waals surface area contributed by atoms with Crippen LogP contribution in [-0.2, 0) is 29.8 Å². The lowest BCUT2D eigenvalue weighted by molar-refractivity contribution is -0.139. The van der Waals surface area contributed by atoms with Crippen molar-refractivity contribution >= 4 is 19.7 Å². The summed E-state index contributed by atoms with van der Waals surface area (Å²) >= 11 is 0. The fraction of sp³-hybridized carbons (Fsp3) is 0.500. The van der Waals surface area contributed by atoms with E-state index in [4.69, 9.17) is 13.8 Å². The summed E-state index contributed by atoms with van der Waals surface area (Å²) in [6.07, 6.45) is -1.09. The molecule has 0 aliphatic rings. The second-order valence-corrected chi connectivity index (χ2v) is 7.24. The Hall–Kier alpha value is -1.89. The highest BCUT2D eigenvalue weighted by Crippen LogP contribution is 2.48. The summed E-state index contributed by atoms with van der Waals surface area (Å²) in [5.41, 5.74) is 0.779. The average molecular weight is 373 g/mol. The van der Waals surface area contributed by atoms with Crippen LogP contribution in [0, 0.1) is 0 Å². The maximum Gasteiger partial charge on any atom is 0.408 e. The molecule has 0 unspecified atom stereocenters. The first kappa shape index (κ1) is 21.2. The summed E-state index contributed by atoms with van der Waals surface area (Å²) in [6.45, 7) is 3.72. The van der Waals surface area contributed by atoms with Crippen LogP contribution in [0.15, 0.2) is 30.3 Å². The van der Waals surface area contributed by atoms with Crippen LogP contribution in [0.1, 0.15) is 25.8 Å². The molecule has 8 nitrogen and oxygen atoms in total. The number of carboxylic acid groups (broad SMARTS) is 1. The second-order valence-electron chi connectivity index (χ2n) is 5.06. The van der Waals surface area contributed by atoms with Gasteiger partial charge in [0.15, 0.2) is 0 Å². The number of alkyl carbamates (subject to hydrolysis) is 1. The van der Waals surface area contributed by atoms with Gasteiger partial charge in [-0.15, -0.1) is 0 Å². The van der Waals surface area contributed by atoms with Crippen LogP contribution in [0.25, 0.3) is 0 Å². The molecule has 25 heavy (non-hydrogen) atoms. The second kappa shape index (κ2) is 10.9. The van der Waals surface area contributed by atoms with E-state index in [-0.39, 0.29) is 32.4 Å². The summed E-state index contributed by atoms with van der Waals surface area (Å²) in [5, 5.41) is 11.5. The van der Waals surface area contributed by atoms with E-state index in [0.29, 0.717) is 0 Å². The van der Waals surface area contributed by atoms with Gasteiger partial charge in [-0.1, -0.05) is 30.3 Å². The molecular weight excluding hydrogens is 349 g/mol. The number of ether oxygens (including phenoxy) is 1. The fourth-order valence-corrected chi connectivity index (χ4v) is 3.71. The molecule has 1 atom stereocenters. The molecule has 0 spiro atoms. The summed E-state index contributed by atoms with van der Waals surface area (Å²) in [6, 6.07) is 7.74. The molecule has 0 heterocycles.